The quantitative estimate of drug-likeness (QED) is 0.789. The first-order valence-electron chi connectivity index (χ1n) is 5.62. The molecule has 0 bridgehead atoms. The van der Waals surface area contributed by atoms with Crippen LogP contribution in [0, 0.1) is 0 Å². The van der Waals surface area contributed by atoms with E-state index in [0.717, 1.165) is 24.3 Å². The van der Waals surface area contributed by atoms with Gasteiger partial charge in [0, 0.05) is 31.5 Å². The summed E-state index contributed by atoms with van der Waals surface area (Å²) in [7, 11) is 1.91. The lowest BCUT2D eigenvalue weighted by molar-refractivity contribution is 0.767. The molecule has 0 aliphatic carbocycles. The van der Waals surface area contributed by atoms with E-state index in [1.807, 2.05) is 31.6 Å². The molecular weight excluding hydrogens is 246 g/mol. The van der Waals surface area contributed by atoms with Crippen LogP contribution in [0.4, 0.5) is 5.82 Å². The standard InChI is InChI=1S/C12H15N5S/c1-17-8-9(6-16-17)4-5-14-11-3-2-10(7-15-11)12(13)18/h2-3,6-8H,4-5H2,1H3,(H2,13,18)(H,14,15). The molecule has 0 atom stereocenters. The van der Waals surface area contributed by atoms with Crippen LogP contribution in [0.5, 0.6) is 0 Å². The number of pyridine rings is 1. The number of aryl methyl sites for hydroxylation is 1. The number of nitrogens with one attached hydrogen (secondary N) is 1. The highest BCUT2D eigenvalue weighted by Crippen LogP contribution is 2.05. The number of hydrogen-bond acceptors (Lipinski definition) is 4. The summed E-state index contributed by atoms with van der Waals surface area (Å²) in [4.78, 5) is 4.60. The van der Waals surface area contributed by atoms with Crippen molar-refractivity contribution in [1.29, 1.82) is 0 Å². The maximum absolute atomic E-state index is 5.50. The molecule has 0 spiro atoms. The lowest BCUT2D eigenvalue weighted by atomic mass is 10.2. The van der Waals surface area contributed by atoms with Gasteiger partial charge in [-0.1, -0.05) is 12.2 Å². The van der Waals surface area contributed by atoms with Gasteiger partial charge in [-0.3, -0.25) is 4.68 Å². The molecule has 2 heterocycles. The first-order valence-corrected chi connectivity index (χ1v) is 6.03. The molecule has 0 aliphatic rings. The van der Waals surface area contributed by atoms with E-state index in [2.05, 4.69) is 15.4 Å². The average molecular weight is 261 g/mol. The van der Waals surface area contributed by atoms with Crippen molar-refractivity contribution in [2.45, 2.75) is 6.42 Å². The molecule has 6 heteroatoms. The van der Waals surface area contributed by atoms with Gasteiger partial charge >= 0.3 is 0 Å². The zero-order valence-corrected chi connectivity index (χ0v) is 10.9. The molecule has 2 aromatic rings. The van der Waals surface area contributed by atoms with Gasteiger partial charge in [-0.05, 0) is 24.1 Å². The van der Waals surface area contributed by atoms with E-state index in [1.165, 1.54) is 5.56 Å². The van der Waals surface area contributed by atoms with Gasteiger partial charge in [-0.15, -0.1) is 0 Å². The average Bonchev–Trinajstić information content (AvgIpc) is 2.76. The van der Waals surface area contributed by atoms with Crippen molar-refractivity contribution >= 4 is 23.0 Å². The zero-order valence-electron chi connectivity index (χ0n) is 10.1. The highest BCUT2D eigenvalue weighted by Gasteiger charge is 1.99. The van der Waals surface area contributed by atoms with Crippen LogP contribution in [-0.2, 0) is 13.5 Å². The van der Waals surface area contributed by atoms with Gasteiger partial charge in [-0.25, -0.2) is 4.98 Å². The molecule has 0 aliphatic heterocycles. The second kappa shape index (κ2) is 5.59. The lowest BCUT2D eigenvalue weighted by Crippen LogP contribution is -2.11. The van der Waals surface area contributed by atoms with Gasteiger partial charge in [0.2, 0.25) is 0 Å². The molecule has 18 heavy (non-hydrogen) atoms. The number of nitrogens with two attached hydrogens (primary N) is 1. The molecule has 94 valence electrons. The molecule has 0 fully saturated rings. The number of nitrogens with zero attached hydrogens (tertiary/aromatic N) is 3. The summed E-state index contributed by atoms with van der Waals surface area (Å²) in [6.07, 6.45) is 6.46. The Bertz CT molecular complexity index is 532. The molecule has 0 aromatic carbocycles. The van der Waals surface area contributed by atoms with Crippen molar-refractivity contribution in [3.05, 3.63) is 41.9 Å². The van der Waals surface area contributed by atoms with E-state index in [-0.39, 0.29) is 0 Å². The van der Waals surface area contributed by atoms with Crippen LogP contribution in [-0.4, -0.2) is 26.3 Å². The summed E-state index contributed by atoms with van der Waals surface area (Å²) >= 11 is 4.87. The SMILES string of the molecule is Cn1cc(CCNc2ccc(C(N)=S)cn2)cn1. The fourth-order valence-corrected chi connectivity index (χ4v) is 1.70. The minimum Gasteiger partial charge on any atom is -0.389 e. The van der Waals surface area contributed by atoms with Crippen LogP contribution in [0.1, 0.15) is 11.1 Å². The Hall–Kier alpha value is -1.95. The monoisotopic (exact) mass is 261 g/mol. The summed E-state index contributed by atoms with van der Waals surface area (Å²) in [5.74, 6) is 0.818. The second-order valence-corrected chi connectivity index (χ2v) is 4.44. The highest BCUT2D eigenvalue weighted by molar-refractivity contribution is 7.80. The Morgan fingerprint density at radius 3 is 2.83 bits per heavy atom. The second-order valence-electron chi connectivity index (χ2n) is 4.00. The molecule has 0 radical (unpaired) electrons. The summed E-state index contributed by atoms with van der Waals surface area (Å²) < 4.78 is 1.80. The van der Waals surface area contributed by atoms with Gasteiger partial charge < -0.3 is 11.1 Å². The van der Waals surface area contributed by atoms with Crippen LogP contribution in [0.2, 0.25) is 0 Å². The van der Waals surface area contributed by atoms with E-state index in [9.17, 15) is 0 Å². The smallest absolute Gasteiger partial charge is 0.125 e. The third-order valence-corrected chi connectivity index (χ3v) is 2.76. The fourth-order valence-electron chi connectivity index (χ4n) is 1.58. The van der Waals surface area contributed by atoms with E-state index in [0.29, 0.717) is 4.99 Å². The minimum atomic E-state index is 0.365. The first-order chi connectivity index (χ1) is 8.65. The molecule has 0 unspecified atom stereocenters. The van der Waals surface area contributed by atoms with Crippen molar-refractivity contribution in [2.75, 3.05) is 11.9 Å². The lowest BCUT2D eigenvalue weighted by Gasteiger charge is -2.05. The van der Waals surface area contributed by atoms with E-state index in [1.54, 1.807) is 10.9 Å². The highest BCUT2D eigenvalue weighted by atomic mass is 32.1. The number of rotatable bonds is 5. The van der Waals surface area contributed by atoms with Crippen molar-refractivity contribution in [1.82, 2.24) is 14.8 Å². The Morgan fingerprint density at radius 1 is 1.44 bits per heavy atom. The molecule has 0 saturated carbocycles. The number of hydrogen-bond donors (Lipinski definition) is 2. The predicted molar refractivity (Wildman–Crippen MR) is 75.5 cm³/mol. The number of aromatic nitrogens is 3. The Kier molecular flexibility index (Phi) is 3.88. The number of thiocarbonyl (C=S) groups is 1. The minimum absolute atomic E-state index is 0.365. The Morgan fingerprint density at radius 2 is 2.28 bits per heavy atom. The number of anilines is 1. The molecule has 3 N–H and O–H groups in total. The zero-order chi connectivity index (χ0) is 13.0. The van der Waals surface area contributed by atoms with E-state index in [4.69, 9.17) is 18.0 Å². The van der Waals surface area contributed by atoms with Crippen molar-refractivity contribution in [3.63, 3.8) is 0 Å². The van der Waals surface area contributed by atoms with Crippen LogP contribution in [0.3, 0.4) is 0 Å². The molecule has 0 saturated heterocycles. The molecule has 2 aromatic heterocycles. The summed E-state index contributed by atoms with van der Waals surface area (Å²) in [6.45, 7) is 0.811. The van der Waals surface area contributed by atoms with Gasteiger partial charge in [0.1, 0.15) is 10.8 Å². The first kappa shape index (κ1) is 12.5. The summed E-state index contributed by atoms with van der Waals surface area (Å²) in [6, 6.07) is 3.74. The van der Waals surface area contributed by atoms with Crippen molar-refractivity contribution in [2.24, 2.45) is 12.8 Å². The van der Waals surface area contributed by atoms with Gasteiger partial charge in [0.15, 0.2) is 0 Å². The molecule has 2 rings (SSSR count). The maximum Gasteiger partial charge on any atom is 0.125 e. The molecule has 0 amide bonds. The molecular formula is C12H15N5S. The van der Waals surface area contributed by atoms with Crippen molar-refractivity contribution in [3.8, 4) is 0 Å². The van der Waals surface area contributed by atoms with Gasteiger partial charge in [0.05, 0.1) is 6.20 Å². The van der Waals surface area contributed by atoms with E-state index >= 15 is 0 Å². The normalized spacial score (nSPS) is 10.3. The van der Waals surface area contributed by atoms with Crippen LogP contribution in [0.25, 0.3) is 0 Å². The summed E-state index contributed by atoms with van der Waals surface area (Å²) in [5, 5.41) is 7.35. The summed E-state index contributed by atoms with van der Waals surface area (Å²) in [5.41, 5.74) is 7.48. The van der Waals surface area contributed by atoms with E-state index < -0.39 is 0 Å². The van der Waals surface area contributed by atoms with Crippen molar-refractivity contribution < 1.29 is 0 Å². The molecule has 5 nitrogen and oxygen atoms in total. The van der Waals surface area contributed by atoms with Gasteiger partial charge in [0.25, 0.3) is 0 Å². The van der Waals surface area contributed by atoms with Crippen LogP contribution in [0.15, 0.2) is 30.7 Å². The third-order valence-electron chi connectivity index (χ3n) is 2.53. The Labute approximate surface area is 111 Å². The Balaban J connectivity index is 1.85. The topological polar surface area (TPSA) is 68.8 Å². The van der Waals surface area contributed by atoms with Crippen LogP contribution >= 0.6 is 12.2 Å². The predicted octanol–water partition coefficient (Wildman–Crippen LogP) is 1.10. The third kappa shape index (κ3) is 3.27. The van der Waals surface area contributed by atoms with Crippen LogP contribution < -0.4 is 11.1 Å². The fraction of sp³-hybridized carbons (Fsp3) is 0.250. The van der Waals surface area contributed by atoms with Gasteiger partial charge in [-0.2, -0.15) is 5.10 Å². The largest absolute Gasteiger partial charge is 0.389 e. The maximum atomic E-state index is 5.50.